The Labute approximate surface area is 472 Å². The first-order chi connectivity index (χ1) is 38.5. The van der Waals surface area contributed by atoms with E-state index in [9.17, 15) is 25.2 Å². The second kappa shape index (κ2) is 28.5. The summed E-state index contributed by atoms with van der Waals surface area (Å²) in [7, 11) is 3.05. The largest absolute Gasteiger partial charge is 0.496 e. The van der Waals surface area contributed by atoms with E-state index in [1.165, 1.54) is 38.5 Å². The van der Waals surface area contributed by atoms with Crippen LogP contribution in [0.2, 0.25) is 0 Å². The van der Waals surface area contributed by atoms with Crippen molar-refractivity contribution < 1.29 is 52.0 Å². The molecule has 10 rings (SSSR count). The average molecular weight is 1100 g/mol. The maximum absolute atomic E-state index is 12.9. The second-order valence-electron chi connectivity index (χ2n) is 18.8. The molecule has 2 aliphatic rings. The third-order valence-electron chi connectivity index (χ3n) is 13.8. The topological polar surface area (TPSA) is 213 Å². The molecule has 0 spiro atoms. The number of rotatable bonds is 16. The summed E-state index contributed by atoms with van der Waals surface area (Å²) < 4.78 is 46.6. The number of nitriles is 2. The predicted octanol–water partition coefficient (Wildman–Crippen LogP) is 14.0. The fourth-order valence-corrected chi connectivity index (χ4v) is 9.42. The number of hydrogen-bond acceptors (Lipinski definition) is 14. The Bertz CT molecular complexity index is 3490. The maximum Gasteiger partial charge on any atom is 0.335 e. The number of carboxylic acids is 1. The highest BCUT2D eigenvalue weighted by Gasteiger charge is 2.23. The summed E-state index contributed by atoms with van der Waals surface area (Å²) in [6.45, 7) is 12.2. The van der Waals surface area contributed by atoms with Gasteiger partial charge in [0.25, 0.3) is 5.91 Å². The van der Waals surface area contributed by atoms with Crippen molar-refractivity contribution >= 4 is 46.5 Å². The molecular weight excluding hydrogens is 1040 g/mol. The molecule has 0 radical (unpaired) electrons. The number of aromatic carboxylic acids is 1. The van der Waals surface area contributed by atoms with E-state index in [2.05, 4.69) is 36.0 Å². The third-order valence-corrected chi connectivity index (χ3v) is 13.8. The monoisotopic (exact) mass is 1100 g/mol. The van der Waals surface area contributed by atoms with Gasteiger partial charge in [-0.15, -0.1) is 12.4 Å². The molecule has 4 aromatic carbocycles. The molecule has 17 heteroatoms. The summed E-state index contributed by atoms with van der Waals surface area (Å²) in [6, 6.07) is 32.9. The Morgan fingerprint density at radius 3 is 1.41 bits per heavy atom. The minimum absolute atomic E-state index is 0. The molecule has 0 saturated carbocycles. The molecule has 4 aromatic heterocycles. The number of ether oxygens (including phenoxy) is 6. The normalized spacial score (nSPS) is 13.3. The highest BCUT2D eigenvalue weighted by Crippen LogP contribution is 2.41. The highest BCUT2D eigenvalue weighted by atomic mass is 35.5. The molecule has 8 aromatic rings. The first-order valence-corrected chi connectivity index (χ1v) is 26.8. The average Bonchev–Trinajstić information content (AvgIpc) is 4.14. The summed E-state index contributed by atoms with van der Waals surface area (Å²) in [6.07, 6.45) is 10.8. The number of halogens is 1. The molecule has 2 aliphatic heterocycles. The molecular formula is C63H66ClN5O11. The van der Waals surface area contributed by atoms with Gasteiger partial charge in [-0.05, 0) is 97.8 Å². The van der Waals surface area contributed by atoms with Crippen molar-refractivity contribution in [3.63, 3.8) is 0 Å². The van der Waals surface area contributed by atoms with E-state index in [0.29, 0.717) is 118 Å². The van der Waals surface area contributed by atoms with E-state index in [0.717, 1.165) is 53.5 Å². The van der Waals surface area contributed by atoms with Crippen molar-refractivity contribution in [1.82, 2.24) is 14.9 Å². The van der Waals surface area contributed by atoms with Crippen LogP contribution in [0.3, 0.4) is 0 Å². The van der Waals surface area contributed by atoms with Crippen LogP contribution in [0.25, 0.3) is 67.1 Å². The van der Waals surface area contributed by atoms with Crippen molar-refractivity contribution in [2.24, 2.45) is 0 Å². The molecule has 0 bridgehead atoms. The van der Waals surface area contributed by atoms with Gasteiger partial charge in [-0.2, -0.15) is 10.5 Å². The van der Waals surface area contributed by atoms with E-state index < -0.39 is 5.97 Å². The van der Waals surface area contributed by atoms with E-state index in [-0.39, 0.29) is 36.1 Å². The van der Waals surface area contributed by atoms with Gasteiger partial charge in [0.1, 0.15) is 69.9 Å². The molecule has 80 heavy (non-hydrogen) atoms. The number of pyridine rings is 2. The van der Waals surface area contributed by atoms with Crippen LogP contribution in [0.5, 0.6) is 23.0 Å². The van der Waals surface area contributed by atoms with Crippen LogP contribution in [-0.2, 0) is 9.47 Å². The number of carboxylic acid groups (broad SMARTS) is 1. The quantitative estimate of drug-likeness (QED) is 0.0953. The van der Waals surface area contributed by atoms with Crippen molar-refractivity contribution in [3.05, 3.63) is 132 Å². The van der Waals surface area contributed by atoms with Crippen LogP contribution in [0.4, 0.5) is 0 Å². The minimum Gasteiger partial charge on any atom is -0.496 e. The number of amides is 1. The van der Waals surface area contributed by atoms with Gasteiger partial charge in [-0.25, -0.2) is 4.79 Å². The van der Waals surface area contributed by atoms with Crippen LogP contribution in [0, 0.1) is 22.7 Å². The van der Waals surface area contributed by atoms with Crippen LogP contribution in [0.15, 0.2) is 118 Å². The van der Waals surface area contributed by atoms with Gasteiger partial charge in [0.2, 0.25) is 0 Å². The number of methoxy groups -OCH3 is 2. The number of benzene rings is 4. The standard InChI is InChI=1S/C31H31N3O5.C27H22N2O6.C5H12.ClH/c1-4-34(5-2)31(35)21-6-8-25(28(17-21)36-3)29-18-26-30(39-29)24(10-13-33-26)20-7-9-27(22(16-20)19-32)38-23-11-14-37-15-12-23;1-32-24-13-17(27(30)31)2-4-21(24)25-14-22-26(35-25)20(6-9-29-22)16-3-5-23(18(12-16)15-28)34-19-7-10-33-11-8-19;1-3-5-4-2;/h6-10,13,16-18,23H,4-5,11-12,14-15H2,1-3H3;2-6,9,12-14,19H,7-8,10-11H2,1H3,(H,30,31);3-5H2,1-2H3;1H. The van der Waals surface area contributed by atoms with E-state index >= 15 is 0 Å². The molecule has 6 heterocycles. The summed E-state index contributed by atoms with van der Waals surface area (Å²) in [5.41, 5.74) is 8.56. The second-order valence-corrected chi connectivity index (χ2v) is 18.8. The van der Waals surface area contributed by atoms with Gasteiger partial charge in [0, 0.05) is 80.0 Å². The first kappa shape index (κ1) is 59.3. The van der Waals surface area contributed by atoms with Crippen molar-refractivity contribution in [2.75, 3.05) is 53.7 Å². The lowest BCUT2D eigenvalue weighted by Gasteiger charge is -2.23. The molecule has 416 valence electrons. The molecule has 1 amide bonds. The molecule has 2 fully saturated rings. The zero-order chi connectivity index (χ0) is 55.8. The van der Waals surface area contributed by atoms with Gasteiger partial charge in [-0.1, -0.05) is 45.2 Å². The Morgan fingerprint density at radius 2 is 1.02 bits per heavy atom. The predicted molar refractivity (Wildman–Crippen MR) is 308 cm³/mol. The molecule has 0 atom stereocenters. The SMILES string of the molecule is CCCCC.CCN(CC)C(=O)c1ccc(-c2cc3nccc(-c4ccc(OC5CCOCC5)c(C#N)c4)c3o2)c(OC)c1.COc1cc(C(=O)O)ccc1-c1cc2nccc(-c3ccc(OC4CCOCC4)c(C#N)c3)c2o1.Cl. The lowest BCUT2D eigenvalue weighted by atomic mass is 10.0. The lowest BCUT2D eigenvalue weighted by molar-refractivity contribution is 0.0252. The number of carbonyl (C=O) groups is 2. The molecule has 1 N–H and O–H groups in total. The number of hydrogen-bond donors (Lipinski definition) is 1. The van der Waals surface area contributed by atoms with Gasteiger partial charge >= 0.3 is 5.97 Å². The highest BCUT2D eigenvalue weighted by molar-refractivity contribution is 5.97. The molecule has 0 aliphatic carbocycles. The first-order valence-electron chi connectivity index (χ1n) is 26.8. The van der Waals surface area contributed by atoms with E-state index in [1.807, 2.05) is 68.4 Å². The van der Waals surface area contributed by atoms with Crippen LogP contribution in [-0.4, -0.2) is 97.8 Å². The Morgan fingerprint density at radius 1 is 0.588 bits per heavy atom. The third kappa shape index (κ3) is 13.9. The van der Waals surface area contributed by atoms with Gasteiger partial charge < -0.3 is 47.3 Å². The minimum atomic E-state index is -1.04. The smallest absolute Gasteiger partial charge is 0.335 e. The molecule has 0 unspecified atom stereocenters. The number of furan rings is 2. The van der Waals surface area contributed by atoms with E-state index in [1.54, 1.807) is 54.7 Å². The Balaban J connectivity index is 0.000000212. The van der Waals surface area contributed by atoms with E-state index in [4.69, 9.17) is 37.3 Å². The van der Waals surface area contributed by atoms with Crippen molar-refractivity contribution in [1.29, 1.82) is 10.5 Å². The van der Waals surface area contributed by atoms with Gasteiger partial charge in [0.15, 0.2) is 11.2 Å². The molecule has 16 nitrogen and oxygen atoms in total. The number of carbonyl (C=O) groups excluding carboxylic acids is 1. The summed E-state index contributed by atoms with van der Waals surface area (Å²) in [5.74, 6) is 2.02. The fraction of sp³-hybridized carbons (Fsp3) is 0.333. The van der Waals surface area contributed by atoms with Crippen molar-refractivity contribution in [3.8, 4) is 80.0 Å². The van der Waals surface area contributed by atoms with Crippen LogP contribution in [0.1, 0.15) is 104 Å². The Hall–Kier alpha value is -8.41. The summed E-state index contributed by atoms with van der Waals surface area (Å²) in [4.78, 5) is 34.9. The summed E-state index contributed by atoms with van der Waals surface area (Å²) >= 11 is 0. The number of fused-ring (bicyclic) bond motifs is 2. The summed E-state index contributed by atoms with van der Waals surface area (Å²) in [5, 5.41) is 28.9. The van der Waals surface area contributed by atoms with Gasteiger partial charge in [-0.3, -0.25) is 14.8 Å². The number of unbranched alkanes of at least 4 members (excludes halogenated alkanes) is 2. The Kier molecular flexibility index (Phi) is 21.1. The van der Waals surface area contributed by atoms with Crippen molar-refractivity contribution in [2.45, 2.75) is 84.8 Å². The number of aromatic nitrogens is 2. The maximum atomic E-state index is 12.9. The number of nitrogens with zero attached hydrogens (tertiary/aromatic N) is 5. The lowest BCUT2D eigenvalue weighted by Crippen LogP contribution is -2.30. The zero-order valence-electron chi connectivity index (χ0n) is 45.9. The molecule has 2 saturated heterocycles. The van der Waals surface area contributed by atoms with Crippen LogP contribution >= 0.6 is 12.4 Å². The zero-order valence-corrected chi connectivity index (χ0v) is 46.7. The fourth-order valence-electron chi connectivity index (χ4n) is 9.42. The van der Waals surface area contributed by atoms with Crippen LogP contribution < -0.4 is 18.9 Å². The van der Waals surface area contributed by atoms with Gasteiger partial charge in [0.05, 0.1) is 68.5 Å².